The Kier molecular flexibility index (Phi) is 3.83. The number of benzene rings is 1. The van der Waals surface area contributed by atoms with Crippen molar-refractivity contribution < 1.29 is 14.2 Å². The SMILES string of the molecule is Cc1cc(F)ccc1C(O)C1CCOC2(CCCC2)C1. The van der Waals surface area contributed by atoms with Crippen molar-refractivity contribution in [3.05, 3.63) is 35.1 Å². The van der Waals surface area contributed by atoms with Gasteiger partial charge in [-0.15, -0.1) is 0 Å². The average molecular weight is 278 g/mol. The zero-order chi connectivity index (χ0) is 14.2. The molecule has 2 unspecified atom stereocenters. The molecule has 1 saturated carbocycles. The van der Waals surface area contributed by atoms with Crippen molar-refractivity contribution in [1.82, 2.24) is 0 Å². The molecule has 2 fully saturated rings. The van der Waals surface area contributed by atoms with Gasteiger partial charge in [0.2, 0.25) is 0 Å². The maximum Gasteiger partial charge on any atom is 0.123 e. The van der Waals surface area contributed by atoms with Crippen LogP contribution in [0.15, 0.2) is 18.2 Å². The van der Waals surface area contributed by atoms with Gasteiger partial charge in [0.05, 0.1) is 11.7 Å². The average Bonchev–Trinajstić information content (AvgIpc) is 2.86. The van der Waals surface area contributed by atoms with Gasteiger partial charge in [0.15, 0.2) is 0 Å². The fraction of sp³-hybridized carbons (Fsp3) is 0.647. The smallest absolute Gasteiger partial charge is 0.123 e. The molecule has 0 radical (unpaired) electrons. The summed E-state index contributed by atoms with van der Waals surface area (Å²) in [6, 6.07) is 4.67. The molecule has 1 aromatic rings. The summed E-state index contributed by atoms with van der Waals surface area (Å²) < 4.78 is 19.2. The van der Waals surface area contributed by atoms with Gasteiger partial charge in [0, 0.05) is 6.61 Å². The van der Waals surface area contributed by atoms with Crippen LogP contribution in [0.1, 0.15) is 55.8 Å². The Morgan fingerprint density at radius 2 is 2.10 bits per heavy atom. The van der Waals surface area contributed by atoms with E-state index < -0.39 is 6.10 Å². The summed E-state index contributed by atoms with van der Waals surface area (Å²) in [7, 11) is 0. The van der Waals surface area contributed by atoms with Gasteiger partial charge in [-0.2, -0.15) is 0 Å². The molecule has 1 spiro atoms. The van der Waals surface area contributed by atoms with Crippen molar-refractivity contribution in [2.75, 3.05) is 6.61 Å². The number of aryl methyl sites for hydroxylation is 1. The summed E-state index contributed by atoms with van der Waals surface area (Å²) in [5.41, 5.74) is 1.72. The number of aliphatic hydroxyl groups excluding tert-OH is 1. The minimum Gasteiger partial charge on any atom is -0.388 e. The molecule has 1 N–H and O–H groups in total. The van der Waals surface area contributed by atoms with Crippen LogP contribution in [0, 0.1) is 18.7 Å². The Labute approximate surface area is 120 Å². The third kappa shape index (κ3) is 2.61. The van der Waals surface area contributed by atoms with E-state index in [2.05, 4.69) is 0 Å². The first kappa shape index (κ1) is 14.0. The van der Waals surface area contributed by atoms with E-state index in [9.17, 15) is 9.50 Å². The minimum absolute atomic E-state index is 0.0117. The number of rotatable bonds is 2. The fourth-order valence-corrected chi connectivity index (χ4v) is 3.93. The van der Waals surface area contributed by atoms with Crippen LogP contribution in [-0.2, 0) is 4.74 Å². The highest BCUT2D eigenvalue weighted by molar-refractivity contribution is 5.29. The number of halogens is 1. The summed E-state index contributed by atoms with van der Waals surface area (Å²) in [6.07, 6.45) is 6.04. The maximum atomic E-state index is 13.2. The molecule has 1 aliphatic carbocycles. The molecule has 3 rings (SSSR count). The van der Waals surface area contributed by atoms with Gasteiger partial charge in [-0.25, -0.2) is 4.39 Å². The summed E-state index contributed by atoms with van der Waals surface area (Å²) >= 11 is 0. The van der Waals surface area contributed by atoms with Crippen LogP contribution in [0.5, 0.6) is 0 Å². The maximum absolute atomic E-state index is 13.2. The van der Waals surface area contributed by atoms with E-state index in [0.29, 0.717) is 0 Å². The first-order valence-corrected chi connectivity index (χ1v) is 7.68. The monoisotopic (exact) mass is 278 g/mol. The molecule has 2 nitrogen and oxygen atoms in total. The van der Waals surface area contributed by atoms with E-state index in [1.807, 2.05) is 6.92 Å². The van der Waals surface area contributed by atoms with E-state index in [-0.39, 0.29) is 17.3 Å². The van der Waals surface area contributed by atoms with Crippen molar-refractivity contribution in [1.29, 1.82) is 0 Å². The molecule has 2 atom stereocenters. The van der Waals surface area contributed by atoms with E-state index in [1.54, 1.807) is 6.07 Å². The lowest BCUT2D eigenvalue weighted by Crippen LogP contribution is -2.39. The van der Waals surface area contributed by atoms with E-state index >= 15 is 0 Å². The van der Waals surface area contributed by atoms with Gasteiger partial charge in [-0.1, -0.05) is 18.9 Å². The molecule has 0 bridgehead atoms. The Morgan fingerprint density at radius 3 is 2.80 bits per heavy atom. The molecule has 1 aliphatic heterocycles. The number of hydrogen-bond donors (Lipinski definition) is 1. The molecule has 1 saturated heterocycles. The third-order valence-electron chi connectivity index (χ3n) is 5.04. The van der Waals surface area contributed by atoms with Crippen LogP contribution >= 0.6 is 0 Å². The van der Waals surface area contributed by atoms with Crippen molar-refractivity contribution >= 4 is 0 Å². The Balaban J connectivity index is 1.77. The zero-order valence-corrected chi connectivity index (χ0v) is 12.1. The van der Waals surface area contributed by atoms with Crippen LogP contribution in [0.3, 0.4) is 0 Å². The van der Waals surface area contributed by atoms with Gasteiger partial charge < -0.3 is 9.84 Å². The second kappa shape index (κ2) is 5.45. The molecule has 110 valence electrons. The van der Waals surface area contributed by atoms with Crippen LogP contribution in [-0.4, -0.2) is 17.3 Å². The standard InChI is InChI=1S/C17H23FO2/c1-12-10-14(18)4-5-15(12)16(19)13-6-9-20-17(11-13)7-2-3-8-17/h4-5,10,13,16,19H,2-3,6-9,11H2,1H3. The predicted molar refractivity (Wildman–Crippen MR) is 76.0 cm³/mol. The molecule has 2 aliphatic rings. The Hall–Kier alpha value is -0.930. The zero-order valence-electron chi connectivity index (χ0n) is 12.1. The first-order valence-electron chi connectivity index (χ1n) is 7.68. The number of hydrogen-bond acceptors (Lipinski definition) is 2. The summed E-state index contributed by atoms with van der Waals surface area (Å²) in [5, 5.41) is 10.7. The lowest BCUT2D eigenvalue weighted by molar-refractivity contribution is -0.113. The van der Waals surface area contributed by atoms with Gasteiger partial charge >= 0.3 is 0 Å². The van der Waals surface area contributed by atoms with Crippen molar-refractivity contribution in [2.24, 2.45) is 5.92 Å². The Bertz CT molecular complexity index is 480. The Morgan fingerprint density at radius 1 is 1.35 bits per heavy atom. The van der Waals surface area contributed by atoms with Gasteiger partial charge in [0.25, 0.3) is 0 Å². The number of aliphatic hydroxyl groups is 1. The summed E-state index contributed by atoms with van der Waals surface area (Å²) in [6.45, 7) is 2.61. The lowest BCUT2D eigenvalue weighted by atomic mass is 9.79. The van der Waals surface area contributed by atoms with Crippen molar-refractivity contribution in [3.8, 4) is 0 Å². The molecule has 1 aromatic carbocycles. The molecule has 0 aromatic heterocycles. The topological polar surface area (TPSA) is 29.5 Å². The molecule has 3 heteroatoms. The summed E-state index contributed by atoms with van der Waals surface area (Å²) in [4.78, 5) is 0. The van der Waals surface area contributed by atoms with Crippen LogP contribution in [0.25, 0.3) is 0 Å². The molecule has 0 amide bonds. The molecular formula is C17H23FO2. The van der Waals surface area contributed by atoms with Crippen LogP contribution in [0.2, 0.25) is 0 Å². The third-order valence-corrected chi connectivity index (χ3v) is 5.04. The highest BCUT2D eigenvalue weighted by atomic mass is 19.1. The van der Waals surface area contributed by atoms with Crippen LogP contribution in [0.4, 0.5) is 4.39 Å². The quantitative estimate of drug-likeness (QED) is 0.889. The second-order valence-corrected chi connectivity index (χ2v) is 6.44. The second-order valence-electron chi connectivity index (χ2n) is 6.44. The highest BCUT2D eigenvalue weighted by Crippen LogP contribution is 2.45. The van der Waals surface area contributed by atoms with E-state index in [0.717, 1.165) is 43.4 Å². The minimum atomic E-state index is -0.503. The molecule has 20 heavy (non-hydrogen) atoms. The largest absolute Gasteiger partial charge is 0.388 e. The van der Waals surface area contributed by atoms with Crippen molar-refractivity contribution in [3.63, 3.8) is 0 Å². The summed E-state index contributed by atoms with van der Waals surface area (Å²) in [5.74, 6) is -0.0105. The predicted octanol–water partition coefficient (Wildman–Crippen LogP) is 3.91. The highest BCUT2D eigenvalue weighted by Gasteiger charge is 2.42. The van der Waals surface area contributed by atoms with E-state index in [1.165, 1.54) is 25.0 Å². The van der Waals surface area contributed by atoms with Gasteiger partial charge in [-0.05, 0) is 61.8 Å². The molecule has 1 heterocycles. The van der Waals surface area contributed by atoms with Gasteiger partial charge in [0.1, 0.15) is 5.82 Å². The normalized spacial score (nSPS) is 26.9. The van der Waals surface area contributed by atoms with Crippen molar-refractivity contribution in [2.45, 2.75) is 57.2 Å². The first-order chi connectivity index (χ1) is 9.60. The van der Waals surface area contributed by atoms with Crippen LogP contribution < -0.4 is 0 Å². The lowest BCUT2D eigenvalue weighted by Gasteiger charge is -2.40. The van der Waals surface area contributed by atoms with E-state index in [4.69, 9.17) is 4.74 Å². The number of ether oxygens (including phenoxy) is 1. The van der Waals surface area contributed by atoms with Gasteiger partial charge in [-0.3, -0.25) is 0 Å². The fourth-order valence-electron chi connectivity index (χ4n) is 3.93. The molecular weight excluding hydrogens is 255 g/mol.